The van der Waals surface area contributed by atoms with Crippen LogP contribution in [-0.2, 0) is 11.2 Å². The second kappa shape index (κ2) is 6.87. The summed E-state index contributed by atoms with van der Waals surface area (Å²) in [6, 6.07) is 14.5. The Balaban J connectivity index is 1.40. The van der Waals surface area contributed by atoms with Crippen LogP contribution in [0.3, 0.4) is 0 Å². The highest BCUT2D eigenvalue weighted by Crippen LogP contribution is 2.30. The highest BCUT2D eigenvalue weighted by atomic mass is 16.6. The fraction of sp³-hybridized carbons (Fsp3) is 0.211. The van der Waals surface area contributed by atoms with Crippen LogP contribution in [-0.4, -0.2) is 35.4 Å². The Hall–Kier alpha value is -3.35. The summed E-state index contributed by atoms with van der Waals surface area (Å²) >= 11 is 0. The van der Waals surface area contributed by atoms with Gasteiger partial charge in [-0.1, -0.05) is 30.3 Å². The number of hydrogen-bond donors (Lipinski definition) is 2. The van der Waals surface area contributed by atoms with Gasteiger partial charge in [0.05, 0.1) is 24.0 Å². The Morgan fingerprint density at radius 1 is 1.12 bits per heavy atom. The minimum Gasteiger partial charge on any atom is -0.486 e. The van der Waals surface area contributed by atoms with Crippen molar-refractivity contribution in [2.45, 2.75) is 12.5 Å². The Kier molecular flexibility index (Phi) is 4.27. The van der Waals surface area contributed by atoms with Gasteiger partial charge in [0, 0.05) is 5.39 Å². The molecule has 1 amide bonds. The Morgan fingerprint density at radius 3 is 2.69 bits per heavy atom. The van der Waals surface area contributed by atoms with Crippen molar-refractivity contribution in [3.8, 4) is 11.5 Å². The molecule has 0 unspecified atom stereocenters. The molecule has 1 atom stereocenters. The second-order valence-electron chi connectivity index (χ2n) is 6.02. The van der Waals surface area contributed by atoms with Crippen LogP contribution >= 0.6 is 0 Å². The first-order valence-electron chi connectivity index (χ1n) is 8.32. The van der Waals surface area contributed by atoms with Gasteiger partial charge in [0.25, 0.3) is 5.56 Å². The molecule has 1 aliphatic heterocycles. The maximum Gasteiger partial charge on any atom is 0.272 e. The summed E-state index contributed by atoms with van der Waals surface area (Å²) in [6.45, 7) is 0.700. The van der Waals surface area contributed by atoms with Crippen LogP contribution in [0.5, 0.6) is 11.5 Å². The summed E-state index contributed by atoms with van der Waals surface area (Å²) in [4.78, 5) is 24.1. The summed E-state index contributed by atoms with van der Waals surface area (Å²) < 4.78 is 11.4. The molecule has 7 heteroatoms. The number of rotatable bonds is 4. The van der Waals surface area contributed by atoms with Crippen molar-refractivity contribution in [2.75, 3.05) is 13.2 Å². The fourth-order valence-electron chi connectivity index (χ4n) is 2.91. The third-order valence-corrected chi connectivity index (χ3v) is 4.20. The van der Waals surface area contributed by atoms with Gasteiger partial charge in [0.1, 0.15) is 12.7 Å². The number of carbonyl (C=O) groups is 1. The van der Waals surface area contributed by atoms with E-state index in [0.717, 1.165) is 0 Å². The predicted molar refractivity (Wildman–Crippen MR) is 95.4 cm³/mol. The largest absolute Gasteiger partial charge is 0.486 e. The van der Waals surface area contributed by atoms with Crippen molar-refractivity contribution < 1.29 is 14.3 Å². The minimum absolute atomic E-state index is 0.0709. The van der Waals surface area contributed by atoms with Crippen LogP contribution in [0.2, 0.25) is 0 Å². The lowest BCUT2D eigenvalue weighted by Gasteiger charge is -2.26. The third kappa shape index (κ3) is 3.23. The molecule has 2 N–H and O–H groups in total. The van der Waals surface area contributed by atoms with Gasteiger partial charge >= 0.3 is 0 Å². The smallest absolute Gasteiger partial charge is 0.272 e. The lowest BCUT2D eigenvalue weighted by molar-refractivity contribution is -0.121. The van der Waals surface area contributed by atoms with E-state index in [1.54, 1.807) is 18.2 Å². The van der Waals surface area contributed by atoms with E-state index in [4.69, 9.17) is 9.47 Å². The van der Waals surface area contributed by atoms with Crippen molar-refractivity contribution in [1.82, 2.24) is 15.5 Å². The van der Waals surface area contributed by atoms with Crippen LogP contribution in [0.15, 0.2) is 53.3 Å². The monoisotopic (exact) mass is 351 g/mol. The summed E-state index contributed by atoms with van der Waals surface area (Å²) in [5.74, 6) is 1.18. The van der Waals surface area contributed by atoms with Gasteiger partial charge in [-0.25, -0.2) is 5.10 Å². The van der Waals surface area contributed by atoms with E-state index in [1.165, 1.54) is 0 Å². The van der Waals surface area contributed by atoms with E-state index >= 15 is 0 Å². The number of nitrogens with zero attached hydrogens (tertiary/aromatic N) is 1. The first-order valence-corrected chi connectivity index (χ1v) is 8.32. The van der Waals surface area contributed by atoms with Crippen molar-refractivity contribution >= 4 is 16.7 Å². The molecule has 0 saturated heterocycles. The van der Waals surface area contributed by atoms with Crippen LogP contribution < -0.4 is 20.3 Å². The van der Waals surface area contributed by atoms with E-state index in [-0.39, 0.29) is 24.0 Å². The Labute approximate surface area is 148 Å². The van der Waals surface area contributed by atoms with Gasteiger partial charge in [-0.2, -0.15) is 5.10 Å². The van der Waals surface area contributed by atoms with Crippen molar-refractivity contribution in [2.24, 2.45) is 0 Å². The maximum absolute atomic E-state index is 12.3. The van der Waals surface area contributed by atoms with Gasteiger partial charge in [0.2, 0.25) is 5.91 Å². The molecule has 1 aromatic heterocycles. The first kappa shape index (κ1) is 16.1. The molecule has 0 radical (unpaired) electrons. The zero-order chi connectivity index (χ0) is 17.9. The number of fused-ring (bicyclic) bond motifs is 2. The molecule has 0 spiro atoms. The lowest BCUT2D eigenvalue weighted by atomic mass is 10.1. The molecular formula is C19H17N3O4. The highest BCUT2D eigenvalue weighted by molar-refractivity contribution is 5.88. The number of nitrogens with one attached hydrogen (secondary N) is 2. The van der Waals surface area contributed by atoms with E-state index in [9.17, 15) is 9.59 Å². The molecular weight excluding hydrogens is 334 g/mol. The molecule has 2 aromatic carbocycles. The Bertz CT molecular complexity index is 1010. The minimum atomic E-state index is -0.267. The molecule has 2 heterocycles. The second-order valence-corrected chi connectivity index (χ2v) is 6.02. The van der Waals surface area contributed by atoms with Crippen LogP contribution in [0.4, 0.5) is 0 Å². The molecule has 0 fully saturated rings. The topological polar surface area (TPSA) is 93.3 Å². The standard InChI is InChI=1S/C19H17N3O4/c23-18(9-15-13-5-1-2-6-14(13)19(24)22-21-15)20-10-12-11-25-16-7-3-4-8-17(16)26-12/h1-8,12H,9-11H2,(H,20,23)(H,22,24)/t12-/m1/s1. The number of ether oxygens (including phenoxy) is 2. The van der Waals surface area contributed by atoms with E-state index in [1.807, 2.05) is 30.3 Å². The maximum atomic E-state index is 12.3. The number of aromatic amines is 1. The molecule has 132 valence electrons. The van der Waals surface area contributed by atoms with E-state index < -0.39 is 0 Å². The summed E-state index contributed by atoms with van der Waals surface area (Å²) in [7, 11) is 0. The van der Waals surface area contributed by atoms with Crippen LogP contribution in [0.1, 0.15) is 5.69 Å². The number of hydrogen-bond acceptors (Lipinski definition) is 5. The number of carbonyl (C=O) groups excluding carboxylic acids is 1. The first-order chi connectivity index (χ1) is 12.7. The molecule has 0 aliphatic carbocycles. The summed E-state index contributed by atoms with van der Waals surface area (Å²) in [5.41, 5.74) is 0.264. The average Bonchev–Trinajstić information content (AvgIpc) is 2.68. The lowest BCUT2D eigenvalue weighted by Crippen LogP contribution is -2.41. The van der Waals surface area contributed by atoms with Gasteiger partial charge < -0.3 is 14.8 Å². The van der Waals surface area contributed by atoms with Crippen LogP contribution in [0, 0.1) is 0 Å². The van der Waals surface area contributed by atoms with E-state index in [2.05, 4.69) is 15.5 Å². The van der Waals surface area contributed by atoms with E-state index in [0.29, 0.717) is 41.1 Å². The fourth-order valence-corrected chi connectivity index (χ4v) is 2.91. The molecule has 26 heavy (non-hydrogen) atoms. The molecule has 0 saturated carbocycles. The van der Waals surface area contributed by atoms with Crippen molar-refractivity contribution in [3.63, 3.8) is 0 Å². The van der Waals surface area contributed by atoms with Gasteiger partial charge in [0.15, 0.2) is 11.5 Å². The molecule has 3 aromatic rings. The molecule has 1 aliphatic rings. The molecule has 4 rings (SSSR count). The number of benzene rings is 2. The number of aromatic nitrogens is 2. The quantitative estimate of drug-likeness (QED) is 0.742. The van der Waals surface area contributed by atoms with Gasteiger partial charge in [-0.05, 0) is 18.2 Å². The number of amides is 1. The van der Waals surface area contributed by atoms with Gasteiger partial charge in [-0.15, -0.1) is 0 Å². The average molecular weight is 351 g/mol. The Morgan fingerprint density at radius 2 is 1.85 bits per heavy atom. The van der Waals surface area contributed by atoms with Gasteiger partial charge in [-0.3, -0.25) is 9.59 Å². The SMILES string of the molecule is O=C(Cc1n[nH]c(=O)c2ccccc12)NC[C@@H]1COc2ccccc2O1. The summed E-state index contributed by atoms with van der Waals surface area (Å²) in [5, 5.41) is 10.5. The number of H-pyrrole nitrogens is 1. The third-order valence-electron chi connectivity index (χ3n) is 4.20. The van der Waals surface area contributed by atoms with Crippen molar-refractivity contribution in [3.05, 3.63) is 64.6 Å². The molecule has 7 nitrogen and oxygen atoms in total. The highest BCUT2D eigenvalue weighted by Gasteiger charge is 2.21. The summed E-state index contributed by atoms with van der Waals surface area (Å²) in [6.07, 6.45) is -0.185. The van der Waals surface area contributed by atoms with Crippen LogP contribution in [0.25, 0.3) is 10.8 Å². The van der Waals surface area contributed by atoms with Crippen molar-refractivity contribution in [1.29, 1.82) is 0 Å². The zero-order valence-corrected chi connectivity index (χ0v) is 13.9. The zero-order valence-electron chi connectivity index (χ0n) is 13.9. The normalized spacial score (nSPS) is 15.6. The number of para-hydroxylation sites is 2. The molecule has 0 bridgehead atoms. The predicted octanol–water partition coefficient (Wildman–Crippen LogP) is 1.42.